The summed E-state index contributed by atoms with van der Waals surface area (Å²) in [6, 6.07) is 11.5. The molecule has 0 saturated carbocycles. The number of aromatic nitrogens is 1. The van der Waals surface area contributed by atoms with Crippen molar-refractivity contribution in [3.63, 3.8) is 0 Å². The number of amides is 3. The van der Waals surface area contributed by atoms with Crippen LogP contribution < -0.4 is 26.4 Å². The summed E-state index contributed by atoms with van der Waals surface area (Å²) in [5.74, 6) is -1.52. The number of primary amides is 1. The van der Waals surface area contributed by atoms with Gasteiger partial charge in [-0.3, -0.25) is 19.3 Å². The molecule has 1 heterocycles. The molecule has 36 heavy (non-hydrogen) atoms. The molecule has 0 aliphatic rings. The van der Waals surface area contributed by atoms with E-state index in [0.29, 0.717) is 23.4 Å². The lowest BCUT2D eigenvalue weighted by atomic mass is 9.98. The molecule has 11 heteroatoms. The van der Waals surface area contributed by atoms with E-state index >= 15 is 0 Å². The second-order valence-corrected chi connectivity index (χ2v) is 9.51. The highest BCUT2D eigenvalue weighted by Gasteiger charge is 2.37. The van der Waals surface area contributed by atoms with Gasteiger partial charge in [0.1, 0.15) is 22.4 Å². The van der Waals surface area contributed by atoms with E-state index in [0.717, 1.165) is 11.5 Å². The summed E-state index contributed by atoms with van der Waals surface area (Å²) in [5.41, 5.74) is 11.3. The fraction of sp³-hybridized carbons (Fsp3) is 0.280. The van der Waals surface area contributed by atoms with Gasteiger partial charge in [0, 0.05) is 17.3 Å². The third-order valence-electron chi connectivity index (χ3n) is 5.77. The van der Waals surface area contributed by atoms with Crippen LogP contribution in [0.1, 0.15) is 59.0 Å². The van der Waals surface area contributed by atoms with Gasteiger partial charge in [-0.1, -0.05) is 25.1 Å². The number of carbonyl (C=O) groups excluding carboxylic acids is 3. The lowest BCUT2D eigenvalue weighted by Gasteiger charge is -2.34. The summed E-state index contributed by atoms with van der Waals surface area (Å²) in [6.45, 7) is 5.68. The van der Waals surface area contributed by atoms with Gasteiger partial charge in [0.2, 0.25) is 5.91 Å². The Morgan fingerprint density at radius 3 is 2.42 bits per heavy atom. The number of carbonyl (C=O) groups is 3. The molecule has 2 aromatic carbocycles. The molecule has 3 rings (SSSR count). The van der Waals surface area contributed by atoms with Crippen LogP contribution in [0.4, 0.5) is 11.4 Å². The van der Waals surface area contributed by atoms with Crippen LogP contribution in [0.5, 0.6) is 11.5 Å². The minimum absolute atomic E-state index is 0.00357. The fourth-order valence-corrected chi connectivity index (χ4v) is 4.19. The quantitative estimate of drug-likeness (QED) is 0.343. The molecular formula is C25H29N5O5S. The molecule has 1 aromatic heterocycles. The second kappa shape index (κ2) is 10.6. The summed E-state index contributed by atoms with van der Waals surface area (Å²) in [4.78, 5) is 40.8. The third kappa shape index (κ3) is 5.57. The Balaban J connectivity index is 2.25. The molecule has 0 radical (unpaired) electrons. The largest absolute Gasteiger partial charge is 0.508 e. The summed E-state index contributed by atoms with van der Waals surface area (Å²) in [7, 11) is 1.49. The fourth-order valence-electron chi connectivity index (χ4n) is 3.45. The number of nitrogens with two attached hydrogens (primary N) is 2. The van der Waals surface area contributed by atoms with E-state index in [2.05, 4.69) is 9.69 Å². The number of aromatic hydroxyl groups is 1. The SMILES string of the molecule is CCC(C)(C)NC(=O)[C@@H](c1ccc(O)cc1)N(C(=O)c1snc(C(N)=O)c1N)c1cccc(OC)c1. The monoisotopic (exact) mass is 511 g/mol. The average molecular weight is 512 g/mol. The highest BCUT2D eigenvalue weighted by Crippen LogP contribution is 2.35. The van der Waals surface area contributed by atoms with Crippen molar-refractivity contribution >= 4 is 40.6 Å². The first-order valence-corrected chi connectivity index (χ1v) is 11.9. The normalized spacial score (nSPS) is 12.0. The second-order valence-electron chi connectivity index (χ2n) is 8.74. The van der Waals surface area contributed by atoms with Crippen molar-refractivity contribution in [3.05, 3.63) is 64.7 Å². The number of anilines is 2. The van der Waals surface area contributed by atoms with E-state index in [1.54, 1.807) is 36.4 Å². The van der Waals surface area contributed by atoms with Crippen LogP contribution in [0.2, 0.25) is 0 Å². The van der Waals surface area contributed by atoms with Gasteiger partial charge in [-0.25, -0.2) is 0 Å². The minimum Gasteiger partial charge on any atom is -0.508 e. The Morgan fingerprint density at radius 1 is 1.19 bits per heavy atom. The predicted molar refractivity (Wildman–Crippen MR) is 138 cm³/mol. The van der Waals surface area contributed by atoms with Crippen molar-refractivity contribution in [2.24, 2.45) is 5.73 Å². The van der Waals surface area contributed by atoms with E-state index < -0.39 is 29.3 Å². The van der Waals surface area contributed by atoms with Crippen molar-refractivity contribution in [2.75, 3.05) is 17.7 Å². The van der Waals surface area contributed by atoms with E-state index in [1.165, 1.54) is 24.1 Å². The van der Waals surface area contributed by atoms with Crippen LogP contribution in [-0.2, 0) is 4.79 Å². The van der Waals surface area contributed by atoms with Crippen LogP contribution in [0.25, 0.3) is 0 Å². The molecule has 0 bridgehead atoms. The lowest BCUT2D eigenvalue weighted by Crippen LogP contribution is -2.50. The molecule has 0 aliphatic carbocycles. The highest BCUT2D eigenvalue weighted by atomic mass is 32.1. The van der Waals surface area contributed by atoms with Gasteiger partial charge in [0.05, 0.1) is 12.8 Å². The number of nitrogen functional groups attached to an aromatic ring is 1. The number of methoxy groups -OCH3 is 1. The predicted octanol–water partition coefficient (Wildman–Crippen LogP) is 3.23. The molecule has 10 nitrogen and oxygen atoms in total. The minimum atomic E-state index is -1.17. The summed E-state index contributed by atoms with van der Waals surface area (Å²) >= 11 is 0.720. The van der Waals surface area contributed by atoms with Crippen LogP contribution in [0.15, 0.2) is 48.5 Å². The standard InChI is InChI=1S/C25H29N5O5S/c1-5-25(2,3)28-23(33)20(14-9-11-16(31)12-10-14)30(15-7-6-8-17(13-15)35-4)24(34)21-18(26)19(22(27)32)29-36-21/h6-13,20,31H,5,26H2,1-4H3,(H2,27,32)(H,28,33)/t20-/m1/s1. The van der Waals surface area contributed by atoms with E-state index in [-0.39, 0.29) is 22.0 Å². The Bertz CT molecular complexity index is 1270. The van der Waals surface area contributed by atoms with Crippen molar-refractivity contribution in [1.29, 1.82) is 0 Å². The zero-order valence-electron chi connectivity index (χ0n) is 20.4. The summed E-state index contributed by atoms with van der Waals surface area (Å²) in [5, 5.41) is 12.8. The first-order valence-electron chi connectivity index (χ1n) is 11.1. The van der Waals surface area contributed by atoms with E-state index in [9.17, 15) is 19.5 Å². The van der Waals surface area contributed by atoms with Gasteiger partial charge < -0.3 is 26.6 Å². The van der Waals surface area contributed by atoms with Crippen molar-refractivity contribution < 1.29 is 24.2 Å². The zero-order chi connectivity index (χ0) is 26.6. The average Bonchev–Trinajstić information content (AvgIpc) is 3.24. The molecule has 6 N–H and O–H groups in total. The number of hydrogen-bond donors (Lipinski definition) is 4. The molecule has 3 aromatic rings. The van der Waals surface area contributed by atoms with Gasteiger partial charge in [-0.2, -0.15) is 4.37 Å². The molecule has 0 fully saturated rings. The van der Waals surface area contributed by atoms with Crippen molar-refractivity contribution in [3.8, 4) is 11.5 Å². The Morgan fingerprint density at radius 2 is 1.86 bits per heavy atom. The molecule has 1 atom stereocenters. The number of ether oxygens (including phenoxy) is 1. The van der Waals surface area contributed by atoms with Gasteiger partial charge in [-0.15, -0.1) is 0 Å². The number of nitrogens with zero attached hydrogens (tertiary/aromatic N) is 2. The van der Waals surface area contributed by atoms with Gasteiger partial charge in [0.25, 0.3) is 11.8 Å². The molecule has 0 unspecified atom stereocenters. The summed E-state index contributed by atoms with van der Waals surface area (Å²) < 4.78 is 9.29. The smallest absolute Gasteiger partial charge is 0.273 e. The zero-order valence-corrected chi connectivity index (χ0v) is 21.3. The first-order chi connectivity index (χ1) is 17.0. The van der Waals surface area contributed by atoms with Crippen LogP contribution in [0.3, 0.4) is 0 Å². The number of nitrogens with one attached hydrogen (secondary N) is 1. The summed E-state index contributed by atoms with van der Waals surface area (Å²) in [6.07, 6.45) is 0.637. The van der Waals surface area contributed by atoms with Crippen molar-refractivity contribution in [2.45, 2.75) is 38.8 Å². The Kier molecular flexibility index (Phi) is 7.83. The maximum absolute atomic E-state index is 14.0. The molecular weight excluding hydrogens is 482 g/mol. The Labute approximate surface area is 213 Å². The van der Waals surface area contributed by atoms with Crippen LogP contribution in [-0.4, -0.2) is 39.9 Å². The maximum atomic E-state index is 14.0. The number of phenols is 1. The number of rotatable bonds is 9. The third-order valence-corrected chi connectivity index (χ3v) is 6.62. The topological polar surface area (TPSA) is 161 Å². The number of phenolic OH excluding ortho intramolecular Hbond substituents is 1. The van der Waals surface area contributed by atoms with E-state index in [4.69, 9.17) is 16.2 Å². The molecule has 190 valence electrons. The molecule has 0 aliphatic heterocycles. The molecule has 3 amide bonds. The number of benzene rings is 2. The molecule has 0 spiro atoms. The Hall–Kier alpha value is -4.12. The maximum Gasteiger partial charge on any atom is 0.273 e. The van der Waals surface area contributed by atoms with Gasteiger partial charge in [0.15, 0.2) is 5.69 Å². The van der Waals surface area contributed by atoms with Gasteiger partial charge >= 0.3 is 0 Å². The van der Waals surface area contributed by atoms with E-state index in [1.807, 2.05) is 20.8 Å². The first kappa shape index (κ1) is 26.5. The van der Waals surface area contributed by atoms with Crippen LogP contribution in [0, 0.1) is 0 Å². The highest BCUT2D eigenvalue weighted by molar-refractivity contribution is 7.09. The lowest BCUT2D eigenvalue weighted by molar-refractivity contribution is -0.124. The van der Waals surface area contributed by atoms with Crippen LogP contribution >= 0.6 is 11.5 Å². The molecule has 0 saturated heterocycles. The van der Waals surface area contributed by atoms with Crippen molar-refractivity contribution in [1.82, 2.24) is 9.69 Å². The number of hydrogen-bond acceptors (Lipinski definition) is 8. The van der Waals surface area contributed by atoms with Gasteiger partial charge in [-0.05, 0) is 61.6 Å².